The van der Waals surface area contributed by atoms with Crippen LogP contribution in [0, 0.1) is 46.5 Å². The fourth-order valence-corrected chi connectivity index (χ4v) is 4.01. The van der Waals surface area contributed by atoms with Gasteiger partial charge < -0.3 is 0 Å². The molecule has 202 valence electrons. The van der Waals surface area contributed by atoms with Gasteiger partial charge in [-0.05, 0) is 72.0 Å². The van der Waals surface area contributed by atoms with Crippen LogP contribution in [0.4, 0.5) is 48.3 Å². The van der Waals surface area contributed by atoms with Crippen LogP contribution in [-0.4, -0.2) is 0 Å². The van der Waals surface area contributed by atoms with E-state index in [1.165, 1.54) is 0 Å². The van der Waals surface area contributed by atoms with Crippen molar-refractivity contribution in [2.45, 2.75) is 12.8 Å². The molecule has 0 amide bonds. The van der Waals surface area contributed by atoms with Gasteiger partial charge in [0.1, 0.15) is 29.1 Å². The zero-order valence-electron chi connectivity index (χ0n) is 19.3. The van der Waals surface area contributed by atoms with E-state index in [2.05, 4.69) is 0 Å². The summed E-state index contributed by atoms with van der Waals surface area (Å²) < 4.78 is 152. The quantitative estimate of drug-likeness (QED) is 0.163. The molecule has 4 aromatic carbocycles. The van der Waals surface area contributed by atoms with E-state index in [0.29, 0.717) is 42.5 Å². The predicted octanol–water partition coefficient (Wildman–Crippen LogP) is 9.45. The first-order chi connectivity index (χ1) is 18.4. The number of benzene rings is 4. The van der Waals surface area contributed by atoms with Crippen LogP contribution in [-0.2, 0) is 12.8 Å². The molecule has 0 fully saturated rings. The summed E-state index contributed by atoms with van der Waals surface area (Å²) in [5.74, 6) is -13.1. The zero-order chi connectivity index (χ0) is 28.6. The highest BCUT2D eigenvalue weighted by atomic mass is 19.3. The highest BCUT2D eigenvalue weighted by Crippen LogP contribution is 2.35. The molecule has 4 aromatic rings. The van der Waals surface area contributed by atoms with Crippen LogP contribution in [0.1, 0.15) is 16.7 Å². The summed E-state index contributed by atoms with van der Waals surface area (Å²) in [6.45, 7) is 0. The van der Waals surface area contributed by atoms with Crippen molar-refractivity contribution in [1.29, 1.82) is 0 Å². The Bertz CT molecular complexity index is 1550. The van der Waals surface area contributed by atoms with Gasteiger partial charge in [0.15, 0.2) is 23.3 Å². The molecule has 0 aromatic heterocycles. The van der Waals surface area contributed by atoms with Crippen molar-refractivity contribution >= 4 is 5.83 Å². The minimum Gasteiger partial charge on any atom is -0.207 e. The second-order valence-electron chi connectivity index (χ2n) is 8.38. The molecule has 0 heterocycles. The molecule has 0 N–H and O–H groups in total. The van der Waals surface area contributed by atoms with Crippen LogP contribution in [0.3, 0.4) is 0 Å². The van der Waals surface area contributed by atoms with Crippen LogP contribution >= 0.6 is 0 Å². The van der Waals surface area contributed by atoms with Crippen molar-refractivity contribution in [2.75, 3.05) is 0 Å². The maximum Gasteiger partial charge on any atom is 0.306 e. The number of rotatable bonds is 6. The monoisotopic (exact) mass is 558 g/mol. The zero-order valence-corrected chi connectivity index (χ0v) is 19.3. The van der Waals surface area contributed by atoms with Gasteiger partial charge in [-0.1, -0.05) is 12.1 Å². The summed E-state index contributed by atoms with van der Waals surface area (Å²) in [7, 11) is 0. The van der Waals surface area contributed by atoms with Crippen molar-refractivity contribution in [3.8, 4) is 22.3 Å². The Morgan fingerprint density at radius 3 is 1.56 bits per heavy atom. The highest BCUT2D eigenvalue weighted by molar-refractivity contribution is 5.73. The van der Waals surface area contributed by atoms with Gasteiger partial charge in [-0.15, -0.1) is 0 Å². The third-order valence-corrected chi connectivity index (χ3v) is 5.88. The van der Waals surface area contributed by atoms with E-state index >= 15 is 0 Å². The summed E-state index contributed by atoms with van der Waals surface area (Å²) in [5.41, 5.74) is -3.73. The Balaban J connectivity index is 1.64. The molecule has 0 aliphatic heterocycles. The molecule has 0 unspecified atom stereocenters. The Morgan fingerprint density at radius 2 is 1.05 bits per heavy atom. The Labute approximate surface area is 213 Å². The van der Waals surface area contributed by atoms with E-state index in [-0.39, 0.29) is 12.0 Å². The van der Waals surface area contributed by atoms with Crippen molar-refractivity contribution in [3.63, 3.8) is 0 Å². The molecule has 39 heavy (non-hydrogen) atoms. The molecule has 4 rings (SSSR count). The van der Waals surface area contributed by atoms with Gasteiger partial charge in [-0.3, -0.25) is 0 Å². The van der Waals surface area contributed by atoms with Gasteiger partial charge in [0.05, 0.1) is 5.56 Å². The molecular weight excluding hydrogens is 545 g/mol. The normalized spacial score (nSPS) is 11.2. The molecule has 0 saturated carbocycles. The van der Waals surface area contributed by atoms with Gasteiger partial charge in [0.2, 0.25) is 0 Å². The van der Waals surface area contributed by atoms with E-state index in [9.17, 15) is 48.3 Å². The largest absolute Gasteiger partial charge is 0.306 e. The number of hydrogen-bond acceptors (Lipinski definition) is 0. The third kappa shape index (κ3) is 5.67. The lowest BCUT2D eigenvalue weighted by Crippen LogP contribution is -2.03. The fourth-order valence-electron chi connectivity index (χ4n) is 4.01. The van der Waals surface area contributed by atoms with E-state index in [0.717, 1.165) is 12.1 Å². The maximum absolute atomic E-state index is 14.9. The molecule has 0 aliphatic carbocycles. The van der Waals surface area contributed by atoms with Crippen LogP contribution in [0.15, 0.2) is 60.7 Å². The average Bonchev–Trinajstić information content (AvgIpc) is 2.85. The predicted molar refractivity (Wildman–Crippen MR) is 121 cm³/mol. The van der Waals surface area contributed by atoms with Crippen LogP contribution in [0.2, 0.25) is 0 Å². The van der Waals surface area contributed by atoms with Gasteiger partial charge in [0.25, 0.3) is 0 Å². The maximum atomic E-state index is 14.9. The molecule has 0 spiro atoms. The summed E-state index contributed by atoms with van der Waals surface area (Å²) >= 11 is 0. The van der Waals surface area contributed by atoms with Gasteiger partial charge in [-0.2, -0.15) is 8.78 Å². The fraction of sp³-hybridized carbons (Fsp3) is 0.0714. The summed E-state index contributed by atoms with van der Waals surface area (Å²) in [5, 5.41) is 0. The van der Waals surface area contributed by atoms with E-state index in [1.54, 1.807) is 0 Å². The molecule has 0 atom stereocenters. The second-order valence-corrected chi connectivity index (χ2v) is 8.38. The van der Waals surface area contributed by atoms with Gasteiger partial charge in [0, 0.05) is 16.7 Å². The van der Waals surface area contributed by atoms with Crippen LogP contribution in [0.25, 0.3) is 28.1 Å². The molecule has 0 aliphatic rings. The first-order valence-electron chi connectivity index (χ1n) is 11.0. The van der Waals surface area contributed by atoms with E-state index in [1.807, 2.05) is 0 Å². The summed E-state index contributed by atoms with van der Waals surface area (Å²) in [6.07, 6.45) is -3.41. The van der Waals surface area contributed by atoms with Crippen molar-refractivity contribution in [1.82, 2.24) is 0 Å². The highest BCUT2D eigenvalue weighted by Gasteiger charge is 2.21. The molecule has 0 saturated heterocycles. The van der Waals surface area contributed by atoms with Crippen molar-refractivity contribution in [2.24, 2.45) is 0 Å². The van der Waals surface area contributed by atoms with Crippen LogP contribution in [0.5, 0.6) is 0 Å². The topological polar surface area (TPSA) is 0 Å². The average molecular weight is 558 g/mol. The summed E-state index contributed by atoms with van der Waals surface area (Å²) in [6, 6.07) is 5.87. The van der Waals surface area contributed by atoms with E-state index in [4.69, 9.17) is 0 Å². The smallest absolute Gasteiger partial charge is 0.207 e. The van der Waals surface area contributed by atoms with Gasteiger partial charge in [-0.25, -0.2) is 39.5 Å². The lowest BCUT2D eigenvalue weighted by Gasteiger charge is -2.12. The minimum atomic E-state index is -2.69. The first-order valence-corrected chi connectivity index (χ1v) is 11.0. The minimum absolute atomic E-state index is 0.0872. The summed E-state index contributed by atoms with van der Waals surface area (Å²) in [4.78, 5) is 0. The van der Waals surface area contributed by atoms with Crippen molar-refractivity contribution in [3.05, 3.63) is 124 Å². The number of aryl methyl sites for hydroxylation is 1. The Hall–Kier alpha value is -4.15. The molecule has 11 heteroatoms. The SMILES string of the molecule is FC(F)=C(F)c1ccc(-c2cc(F)c(-c3cc(F)c(CCc4cc(F)c(F)c(F)c4)c(F)c3)c(F)c2)c(F)c1. The van der Waals surface area contributed by atoms with Crippen molar-refractivity contribution < 1.29 is 48.3 Å². The lowest BCUT2D eigenvalue weighted by molar-refractivity contribution is 0.410. The molecule has 0 bridgehead atoms. The first kappa shape index (κ1) is 27.9. The number of halogens is 11. The number of hydrogen-bond donors (Lipinski definition) is 0. The second kappa shape index (κ2) is 10.9. The Morgan fingerprint density at radius 1 is 0.513 bits per heavy atom. The van der Waals surface area contributed by atoms with E-state index < -0.39 is 98.2 Å². The standard InChI is InChI=1S/C28H13F11/c29-18-7-13(26(36)28(38)39)2-4-16(18)14-8-21(32)25(22(33)9-14)15-10-19(30)17(20(31)11-15)3-1-12-5-23(34)27(37)24(35)6-12/h2,4-11H,1,3H2. The third-order valence-electron chi connectivity index (χ3n) is 5.88. The molecule has 0 radical (unpaired) electrons. The molecular formula is C28H13F11. The Kier molecular flexibility index (Phi) is 7.80. The molecule has 0 nitrogen and oxygen atoms in total. The lowest BCUT2D eigenvalue weighted by atomic mass is 9.95. The van der Waals surface area contributed by atoms with Gasteiger partial charge >= 0.3 is 6.08 Å². The van der Waals surface area contributed by atoms with Crippen LogP contribution < -0.4 is 0 Å².